The molecule has 0 saturated carbocycles. The number of nitrogens with two attached hydrogens (primary N) is 1. The van der Waals surface area contributed by atoms with Crippen molar-refractivity contribution < 1.29 is 10.0 Å². The van der Waals surface area contributed by atoms with Crippen molar-refractivity contribution in [1.82, 2.24) is 0 Å². The maximum absolute atomic E-state index is 10.9. The number of hydrogen-bond donors (Lipinski definition) is 2. The number of aryl methyl sites for hydroxylation is 1. The van der Waals surface area contributed by atoms with Crippen molar-refractivity contribution >= 4 is 27.5 Å². The molecule has 74 valence electrons. The Balaban J connectivity index is 3.25. The van der Waals surface area contributed by atoms with Crippen molar-refractivity contribution in [2.45, 2.75) is 6.92 Å². The van der Waals surface area contributed by atoms with Gasteiger partial charge in [0.15, 0.2) is 5.71 Å². The fourth-order valence-electron chi connectivity index (χ4n) is 1.13. The second kappa shape index (κ2) is 4.23. The summed E-state index contributed by atoms with van der Waals surface area (Å²) in [6.45, 7) is 1.80. The van der Waals surface area contributed by atoms with E-state index >= 15 is 0 Å². The lowest BCUT2D eigenvalue weighted by Crippen LogP contribution is -2.24. The summed E-state index contributed by atoms with van der Waals surface area (Å²) in [6.07, 6.45) is 0. The Morgan fingerprint density at radius 1 is 1.57 bits per heavy atom. The molecule has 0 spiro atoms. The quantitative estimate of drug-likeness (QED) is 0.477. The van der Waals surface area contributed by atoms with Gasteiger partial charge in [0, 0.05) is 10.0 Å². The molecule has 0 heterocycles. The second-order valence-corrected chi connectivity index (χ2v) is 3.69. The Bertz CT molecular complexity index is 402. The molecule has 0 unspecified atom stereocenters. The Hall–Kier alpha value is -1.36. The zero-order valence-electron chi connectivity index (χ0n) is 7.49. The van der Waals surface area contributed by atoms with Gasteiger partial charge < -0.3 is 10.9 Å². The molecule has 0 fully saturated rings. The topological polar surface area (TPSA) is 75.7 Å². The Labute approximate surface area is 89.5 Å². The number of carbonyl (C=O) groups excluding carboxylic acids is 1. The first-order chi connectivity index (χ1) is 6.56. The third-order valence-corrected chi connectivity index (χ3v) is 2.27. The molecule has 1 aromatic carbocycles. The molecule has 0 atom stereocenters. The molecule has 0 saturated heterocycles. The molecule has 1 amide bonds. The van der Waals surface area contributed by atoms with E-state index in [1.54, 1.807) is 19.1 Å². The fourth-order valence-corrected chi connectivity index (χ4v) is 1.60. The largest absolute Gasteiger partial charge is 0.410 e. The predicted octanol–water partition coefficient (Wildman–Crippen LogP) is 1.42. The van der Waals surface area contributed by atoms with Crippen molar-refractivity contribution in [2.75, 3.05) is 0 Å². The highest BCUT2D eigenvalue weighted by Crippen LogP contribution is 2.16. The van der Waals surface area contributed by atoms with Crippen LogP contribution in [0, 0.1) is 6.92 Å². The third kappa shape index (κ3) is 2.11. The molecule has 0 aliphatic carbocycles. The average Bonchev–Trinajstić information content (AvgIpc) is 2.09. The number of oxime groups is 1. The summed E-state index contributed by atoms with van der Waals surface area (Å²) in [5, 5.41) is 11.5. The summed E-state index contributed by atoms with van der Waals surface area (Å²) in [5.41, 5.74) is 6.26. The van der Waals surface area contributed by atoms with E-state index in [4.69, 9.17) is 10.9 Å². The van der Waals surface area contributed by atoms with E-state index in [1.165, 1.54) is 0 Å². The van der Waals surface area contributed by atoms with Crippen LogP contribution < -0.4 is 5.73 Å². The fraction of sp³-hybridized carbons (Fsp3) is 0.111. The normalized spacial score (nSPS) is 11.4. The molecule has 3 N–H and O–H groups in total. The maximum atomic E-state index is 10.9. The number of hydrogen-bond acceptors (Lipinski definition) is 3. The van der Waals surface area contributed by atoms with Crippen LogP contribution in [-0.2, 0) is 4.79 Å². The van der Waals surface area contributed by atoms with Crippen LogP contribution in [0.5, 0.6) is 0 Å². The number of halogens is 1. The van der Waals surface area contributed by atoms with E-state index in [1.807, 2.05) is 6.07 Å². The molecule has 0 bridgehead atoms. The minimum Gasteiger partial charge on any atom is -0.410 e. The van der Waals surface area contributed by atoms with Gasteiger partial charge in [0.1, 0.15) is 0 Å². The van der Waals surface area contributed by atoms with E-state index < -0.39 is 5.91 Å². The summed E-state index contributed by atoms with van der Waals surface area (Å²) in [5.74, 6) is -0.752. The zero-order chi connectivity index (χ0) is 10.7. The molecule has 0 aliphatic rings. The smallest absolute Gasteiger partial charge is 0.271 e. The van der Waals surface area contributed by atoms with E-state index in [0.717, 1.165) is 10.0 Å². The highest BCUT2D eigenvalue weighted by molar-refractivity contribution is 9.10. The standard InChI is InChI=1S/C9H9BrN2O2/c1-5-4-6(10)2-3-7(5)8(12-14)9(11)13/h2-4,14H,1H3,(H2,11,13). The first-order valence-corrected chi connectivity index (χ1v) is 4.64. The van der Waals surface area contributed by atoms with Crippen LogP contribution in [0.25, 0.3) is 0 Å². The minimum atomic E-state index is -0.752. The van der Waals surface area contributed by atoms with E-state index in [-0.39, 0.29) is 5.71 Å². The summed E-state index contributed by atoms with van der Waals surface area (Å²) in [7, 11) is 0. The van der Waals surface area contributed by atoms with Crippen LogP contribution in [0.15, 0.2) is 27.8 Å². The monoisotopic (exact) mass is 256 g/mol. The molecular weight excluding hydrogens is 248 g/mol. The van der Waals surface area contributed by atoms with Gasteiger partial charge >= 0.3 is 0 Å². The molecule has 0 aromatic heterocycles. The summed E-state index contributed by atoms with van der Waals surface area (Å²) < 4.78 is 0.889. The van der Waals surface area contributed by atoms with Gasteiger partial charge in [-0.15, -0.1) is 0 Å². The Morgan fingerprint density at radius 2 is 2.21 bits per heavy atom. The van der Waals surface area contributed by atoms with Gasteiger partial charge in [-0.1, -0.05) is 27.2 Å². The van der Waals surface area contributed by atoms with Crippen LogP contribution in [0.2, 0.25) is 0 Å². The molecule has 4 nitrogen and oxygen atoms in total. The minimum absolute atomic E-state index is 0.130. The second-order valence-electron chi connectivity index (χ2n) is 2.77. The highest BCUT2D eigenvalue weighted by atomic mass is 79.9. The van der Waals surface area contributed by atoms with Gasteiger partial charge in [-0.05, 0) is 24.6 Å². The van der Waals surface area contributed by atoms with Gasteiger partial charge in [-0.2, -0.15) is 0 Å². The van der Waals surface area contributed by atoms with Crippen molar-refractivity contribution in [1.29, 1.82) is 0 Å². The number of benzene rings is 1. The van der Waals surface area contributed by atoms with Gasteiger partial charge in [0.2, 0.25) is 0 Å². The summed E-state index contributed by atoms with van der Waals surface area (Å²) in [4.78, 5) is 10.9. The number of rotatable bonds is 2. The van der Waals surface area contributed by atoms with Crippen LogP contribution in [0.1, 0.15) is 11.1 Å². The predicted molar refractivity (Wildman–Crippen MR) is 56.4 cm³/mol. The molecule has 0 radical (unpaired) electrons. The van der Waals surface area contributed by atoms with Gasteiger partial charge in [-0.25, -0.2) is 0 Å². The van der Waals surface area contributed by atoms with Crippen molar-refractivity contribution in [2.24, 2.45) is 10.9 Å². The molecule has 0 aliphatic heterocycles. The molecule has 14 heavy (non-hydrogen) atoms. The molecule has 1 rings (SSSR count). The number of primary amides is 1. The molecule has 1 aromatic rings. The van der Waals surface area contributed by atoms with Crippen molar-refractivity contribution in [3.63, 3.8) is 0 Å². The van der Waals surface area contributed by atoms with Gasteiger partial charge in [0.05, 0.1) is 0 Å². The molecule has 5 heteroatoms. The van der Waals surface area contributed by atoms with Crippen LogP contribution in [0.4, 0.5) is 0 Å². The number of nitrogens with zero attached hydrogens (tertiary/aromatic N) is 1. The van der Waals surface area contributed by atoms with Crippen molar-refractivity contribution in [3.8, 4) is 0 Å². The van der Waals surface area contributed by atoms with E-state index in [0.29, 0.717) is 5.56 Å². The van der Waals surface area contributed by atoms with Crippen LogP contribution in [-0.4, -0.2) is 16.8 Å². The lowest BCUT2D eigenvalue weighted by Gasteiger charge is -2.04. The van der Waals surface area contributed by atoms with E-state index in [9.17, 15) is 4.79 Å². The SMILES string of the molecule is Cc1cc(Br)ccc1C(=NO)C(N)=O. The zero-order valence-corrected chi connectivity index (χ0v) is 9.08. The summed E-state index contributed by atoms with van der Waals surface area (Å²) >= 11 is 3.29. The third-order valence-electron chi connectivity index (χ3n) is 1.78. The lowest BCUT2D eigenvalue weighted by atomic mass is 10.0. The van der Waals surface area contributed by atoms with Crippen LogP contribution >= 0.6 is 15.9 Å². The Kier molecular flexibility index (Phi) is 3.24. The van der Waals surface area contributed by atoms with Crippen molar-refractivity contribution in [3.05, 3.63) is 33.8 Å². The lowest BCUT2D eigenvalue weighted by molar-refractivity contribution is -0.112. The average molecular weight is 257 g/mol. The number of amides is 1. The maximum Gasteiger partial charge on any atom is 0.271 e. The first kappa shape index (κ1) is 10.7. The van der Waals surface area contributed by atoms with E-state index in [2.05, 4.69) is 21.1 Å². The first-order valence-electron chi connectivity index (χ1n) is 3.84. The highest BCUT2D eigenvalue weighted by Gasteiger charge is 2.13. The van der Waals surface area contributed by atoms with Gasteiger partial charge in [0.25, 0.3) is 5.91 Å². The number of carbonyl (C=O) groups is 1. The molecular formula is C9H9BrN2O2. The summed E-state index contributed by atoms with van der Waals surface area (Å²) in [6, 6.07) is 5.22. The van der Waals surface area contributed by atoms with Crippen LogP contribution in [0.3, 0.4) is 0 Å². The Morgan fingerprint density at radius 3 is 2.64 bits per heavy atom. The van der Waals surface area contributed by atoms with Gasteiger partial charge in [-0.3, -0.25) is 4.79 Å².